The number of fused-ring (bicyclic) bond motifs is 1. The summed E-state index contributed by atoms with van der Waals surface area (Å²) in [6.45, 7) is 5.21. The summed E-state index contributed by atoms with van der Waals surface area (Å²) in [7, 11) is -1.96. The normalized spacial score (nSPS) is 16.1. The number of aromatic nitrogens is 1. The van der Waals surface area contributed by atoms with Crippen molar-refractivity contribution in [3.8, 4) is 5.75 Å². The fourth-order valence-electron chi connectivity index (χ4n) is 4.21. The number of sulfone groups is 1. The number of benzene rings is 2. The summed E-state index contributed by atoms with van der Waals surface area (Å²) in [6, 6.07) is 10.5. The molecule has 0 spiro atoms. The fourth-order valence-corrected chi connectivity index (χ4v) is 6.56. The summed E-state index contributed by atoms with van der Waals surface area (Å²) in [5.74, 6) is 0.366. The molecule has 1 amide bonds. The Kier molecular flexibility index (Phi) is 7.54. The third kappa shape index (κ3) is 5.59. The molecule has 9 heteroatoms. The molecule has 2 aromatic carbocycles. The quantitative estimate of drug-likeness (QED) is 0.422. The van der Waals surface area contributed by atoms with Gasteiger partial charge in [0.05, 0.1) is 40.6 Å². The summed E-state index contributed by atoms with van der Waals surface area (Å²) in [6.07, 6.45) is 2.21. The number of carbonyl (C=O) groups is 1. The maximum Gasteiger partial charge on any atom is 0.228 e. The smallest absolute Gasteiger partial charge is 0.228 e. The lowest BCUT2D eigenvalue weighted by molar-refractivity contribution is -0.119. The van der Waals surface area contributed by atoms with Crippen molar-refractivity contribution in [3.63, 3.8) is 0 Å². The van der Waals surface area contributed by atoms with Gasteiger partial charge in [-0.2, -0.15) is 0 Å². The molecule has 1 saturated heterocycles. The average Bonchev–Trinajstić information content (AvgIpc) is 3.47. The van der Waals surface area contributed by atoms with Crippen LogP contribution < -0.4 is 9.64 Å². The lowest BCUT2D eigenvalue weighted by Crippen LogP contribution is -2.37. The number of nitrogens with zero attached hydrogens (tertiary/aromatic N) is 2. The molecule has 1 aliphatic heterocycles. The molecule has 2 heterocycles. The van der Waals surface area contributed by atoms with Crippen LogP contribution in [0.5, 0.6) is 5.75 Å². The molecule has 3 aromatic rings. The molecule has 34 heavy (non-hydrogen) atoms. The second kappa shape index (κ2) is 10.4. The van der Waals surface area contributed by atoms with Gasteiger partial charge in [0.15, 0.2) is 15.0 Å². The number of anilines is 1. The van der Waals surface area contributed by atoms with Crippen LogP contribution in [-0.2, 0) is 19.4 Å². The van der Waals surface area contributed by atoms with Crippen LogP contribution in [0, 0.1) is 13.8 Å². The molecule has 1 unspecified atom stereocenters. The predicted octanol–water partition coefficient (Wildman–Crippen LogP) is 4.69. The Morgan fingerprint density at radius 2 is 2.00 bits per heavy atom. The Balaban J connectivity index is 1.49. The Hall–Kier alpha value is -2.49. The van der Waals surface area contributed by atoms with Crippen LogP contribution in [0.1, 0.15) is 36.8 Å². The van der Waals surface area contributed by atoms with Gasteiger partial charge in [-0.1, -0.05) is 17.4 Å². The highest BCUT2D eigenvalue weighted by atomic mass is 32.2. The van der Waals surface area contributed by atoms with Gasteiger partial charge in [-0.3, -0.25) is 9.69 Å². The minimum absolute atomic E-state index is 0.0261. The number of thiazole rings is 1. The molecule has 0 bridgehead atoms. The number of hydrogen-bond donors (Lipinski definition) is 0. The first-order valence-corrected chi connectivity index (χ1v) is 13.9. The molecule has 0 saturated carbocycles. The van der Waals surface area contributed by atoms with Gasteiger partial charge in [-0.25, -0.2) is 13.4 Å². The molecule has 0 aliphatic carbocycles. The molecule has 182 valence electrons. The molecule has 7 nitrogen and oxygen atoms in total. The van der Waals surface area contributed by atoms with Gasteiger partial charge < -0.3 is 9.47 Å². The van der Waals surface area contributed by atoms with Gasteiger partial charge in [0.1, 0.15) is 5.75 Å². The van der Waals surface area contributed by atoms with Crippen molar-refractivity contribution in [2.75, 3.05) is 30.9 Å². The van der Waals surface area contributed by atoms with E-state index in [1.165, 1.54) is 30.6 Å². The van der Waals surface area contributed by atoms with Gasteiger partial charge in [0.2, 0.25) is 5.91 Å². The molecule has 0 N–H and O–H groups in total. The number of hydrogen-bond acceptors (Lipinski definition) is 7. The monoisotopic (exact) mass is 502 g/mol. The number of rotatable bonds is 9. The highest BCUT2D eigenvalue weighted by Gasteiger charge is 2.27. The van der Waals surface area contributed by atoms with Crippen LogP contribution in [-0.4, -0.2) is 51.4 Å². The van der Waals surface area contributed by atoms with Crippen molar-refractivity contribution in [2.45, 2.75) is 50.5 Å². The standard InChI is InChI=1S/C25H30N2O5S2/c1-17-14-18(2)24-22(15-17)26-25(33-24)27(16-20-6-4-12-32-20)23(28)7-5-13-34(29,30)21-10-8-19(31-3)9-11-21/h8-11,14-15,20H,4-7,12-13,16H2,1-3H3. The number of methoxy groups -OCH3 is 1. The van der Waals surface area contributed by atoms with Crippen molar-refractivity contribution in [3.05, 3.63) is 47.5 Å². The van der Waals surface area contributed by atoms with Gasteiger partial charge in [0, 0.05) is 13.0 Å². The lowest BCUT2D eigenvalue weighted by atomic mass is 10.1. The Morgan fingerprint density at radius 3 is 2.68 bits per heavy atom. The third-order valence-corrected chi connectivity index (χ3v) is 9.02. The van der Waals surface area contributed by atoms with E-state index < -0.39 is 9.84 Å². The number of aryl methyl sites for hydroxylation is 2. The Labute approximate surface area is 204 Å². The molecule has 4 rings (SSSR count). The van der Waals surface area contributed by atoms with Crippen LogP contribution >= 0.6 is 11.3 Å². The molecular formula is C25H30N2O5S2. The molecule has 1 aromatic heterocycles. The fraction of sp³-hybridized carbons (Fsp3) is 0.440. The van der Waals surface area contributed by atoms with E-state index in [0.717, 1.165) is 34.2 Å². The summed E-state index contributed by atoms with van der Waals surface area (Å²) in [5.41, 5.74) is 3.14. The zero-order valence-electron chi connectivity index (χ0n) is 19.7. The molecule has 0 radical (unpaired) electrons. The van der Waals surface area contributed by atoms with Crippen LogP contribution in [0.3, 0.4) is 0 Å². The van der Waals surface area contributed by atoms with E-state index in [4.69, 9.17) is 14.5 Å². The van der Waals surface area contributed by atoms with Crippen LogP contribution in [0.15, 0.2) is 41.3 Å². The van der Waals surface area contributed by atoms with Crippen molar-refractivity contribution in [1.29, 1.82) is 0 Å². The van der Waals surface area contributed by atoms with Gasteiger partial charge in [-0.15, -0.1) is 0 Å². The van der Waals surface area contributed by atoms with Gasteiger partial charge in [0.25, 0.3) is 0 Å². The highest BCUT2D eigenvalue weighted by Crippen LogP contribution is 2.33. The highest BCUT2D eigenvalue weighted by molar-refractivity contribution is 7.91. The maximum atomic E-state index is 13.3. The lowest BCUT2D eigenvalue weighted by Gasteiger charge is -2.23. The topological polar surface area (TPSA) is 85.8 Å². The van der Waals surface area contributed by atoms with Crippen LogP contribution in [0.25, 0.3) is 10.2 Å². The number of ether oxygens (including phenoxy) is 2. The molecular weight excluding hydrogens is 472 g/mol. The zero-order chi connectivity index (χ0) is 24.3. The average molecular weight is 503 g/mol. The van der Waals surface area contributed by atoms with E-state index in [2.05, 4.69) is 6.07 Å². The third-order valence-electron chi connectivity index (χ3n) is 5.97. The van der Waals surface area contributed by atoms with E-state index in [1.807, 2.05) is 19.9 Å². The van der Waals surface area contributed by atoms with E-state index in [1.54, 1.807) is 17.0 Å². The molecule has 1 aliphatic rings. The van der Waals surface area contributed by atoms with E-state index in [9.17, 15) is 13.2 Å². The second-order valence-electron chi connectivity index (χ2n) is 8.66. The van der Waals surface area contributed by atoms with Gasteiger partial charge in [-0.05, 0) is 74.6 Å². The first-order valence-electron chi connectivity index (χ1n) is 11.4. The van der Waals surface area contributed by atoms with E-state index in [0.29, 0.717) is 24.0 Å². The van der Waals surface area contributed by atoms with Gasteiger partial charge >= 0.3 is 0 Å². The molecule has 1 fully saturated rings. The number of carbonyl (C=O) groups excluding carboxylic acids is 1. The summed E-state index contributed by atoms with van der Waals surface area (Å²) in [5, 5.41) is 0.641. The van der Waals surface area contributed by atoms with Crippen molar-refractivity contribution >= 4 is 42.4 Å². The summed E-state index contributed by atoms with van der Waals surface area (Å²) < 4.78 is 37.4. The van der Waals surface area contributed by atoms with E-state index >= 15 is 0 Å². The first kappa shape index (κ1) is 24.6. The van der Waals surface area contributed by atoms with Crippen molar-refractivity contribution < 1.29 is 22.7 Å². The minimum atomic E-state index is -3.49. The number of amides is 1. The second-order valence-corrected chi connectivity index (χ2v) is 11.8. The van der Waals surface area contributed by atoms with Crippen molar-refractivity contribution in [2.24, 2.45) is 0 Å². The predicted molar refractivity (Wildman–Crippen MR) is 135 cm³/mol. The Morgan fingerprint density at radius 1 is 1.24 bits per heavy atom. The summed E-state index contributed by atoms with van der Waals surface area (Å²) >= 11 is 1.50. The van der Waals surface area contributed by atoms with E-state index in [-0.39, 0.29) is 35.5 Å². The largest absolute Gasteiger partial charge is 0.497 e. The Bertz CT molecular complexity index is 1260. The maximum absolute atomic E-state index is 13.3. The summed E-state index contributed by atoms with van der Waals surface area (Å²) in [4.78, 5) is 20.0. The first-order chi connectivity index (χ1) is 16.3. The molecule has 1 atom stereocenters. The SMILES string of the molecule is COc1ccc(S(=O)(=O)CCCC(=O)N(CC2CCCO2)c2nc3cc(C)cc(C)c3s2)cc1. The zero-order valence-corrected chi connectivity index (χ0v) is 21.4. The van der Waals surface area contributed by atoms with Crippen molar-refractivity contribution in [1.82, 2.24) is 4.98 Å². The van der Waals surface area contributed by atoms with Crippen LogP contribution in [0.4, 0.5) is 5.13 Å². The minimum Gasteiger partial charge on any atom is -0.497 e. The van der Waals surface area contributed by atoms with Crippen LogP contribution in [0.2, 0.25) is 0 Å².